The summed E-state index contributed by atoms with van der Waals surface area (Å²) in [5.74, 6) is -0.127. The van der Waals surface area contributed by atoms with Crippen molar-refractivity contribution in [1.29, 1.82) is 0 Å². The molecule has 0 fully saturated rings. The molecular formula is C17H20N2O. The predicted octanol–water partition coefficient (Wildman–Crippen LogP) is 3.10. The molecule has 0 aliphatic rings. The smallest absolute Gasteiger partial charge is 0.269 e. The number of carbonyl (C=O) groups is 1. The van der Waals surface area contributed by atoms with Crippen molar-refractivity contribution in [2.75, 3.05) is 6.54 Å². The third-order valence-electron chi connectivity index (χ3n) is 3.37. The first kappa shape index (κ1) is 14.3. The zero-order chi connectivity index (χ0) is 14.6. The third-order valence-corrected chi connectivity index (χ3v) is 3.37. The van der Waals surface area contributed by atoms with Crippen LogP contribution in [0.1, 0.15) is 35.6 Å². The normalized spacial score (nSPS) is 11.2. The first-order valence-electron chi connectivity index (χ1n) is 6.76. The number of pyridine rings is 1. The van der Waals surface area contributed by atoms with E-state index in [0.29, 0.717) is 12.2 Å². The average molecular weight is 268 g/mol. The molecule has 1 aromatic carbocycles. The van der Waals surface area contributed by atoms with E-state index in [2.05, 4.69) is 36.3 Å². The van der Waals surface area contributed by atoms with Gasteiger partial charge in [0.05, 0.1) is 0 Å². The number of aryl methyl sites for hydroxylation is 1. The highest BCUT2D eigenvalue weighted by Gasteiger charge is 2.21. The van der Waals surface area contributed by atoms with Gasteiger partial charge in [0.15, 0.2) is 0 Å². The largest absolute Gasteiger partial charge is 0.350 e. The molecule has 1 N–H and O–H groups in total. The number of carbonyl (C=O) groups excluding carboxylic acids is 1. The minimum absolute atomic E-state index is 0.110. The van der Waals surface area contributed by atoms with E-state index in [4.69, 9.17) is 0 Å². The molecule has 20 heavy (non-hydrogen) atoms. The molecule has 0 radical (unpaired) electrons. The van der Waals surface area contributed by atoms with Crippen molar-refractivity contribution >= 4 is 5.91 Å². The van der Waals surface area contributed by atoms with Gasteiger partial charge in [-0.25, -0.2) is 4.98 Å². The maximum Gasteiger partial charge on any atom is 0.269 e. The topological polar surface area (TPSA) is 42.0 Å². The maximum atomic E-state index is 12.1. The summed E-state index contributed by atoms with van der Waals surface area (Å²) >= 11 is 0. The Morgan fingerprint density at radius 1 is 1.10 bits per heavy atom. The molecule has 104 valence electrons. The van der Waals surface area contributed by atoms with Crippen LogP contribution in [0, 0.1) is 6.92 Å². The molecule has 2 aromatic rings. The van der Waals surface area contributed by atoms with Crippen molar-refractivity contribution in [2.24, 2.45) is 0 Å². The molecule has 1 aromatic heterocycles. The van der Waals surface area contributed by atoms with Gasteiger partial charge in [-0.1, -0.05) is 50.2 Å². The van der Waals surface area contributed by atoms with Crippen LogP contribution in [0.4, 0.5) is 0 Å². The number of hydrogen-bond acceptors (Lipinski definition) is 2. The van der Waals surface area contributed by atoms with Crippen molar-refractivity contribution in [3.8, 4) is 0 Å². The molecule has 1 heterocycles. The SMILES string of the molecule is Cc1cccc(C(=O)NCC(C)(C)c2ccccc2)n1. The van der Waals surface area contributed by atoms with Gasteiger partial charge in [-0.2, -0.15) is 0 Å². The lowest BCUT2D eigenvalue weighted by Gasteiger charge is -2.25. The highest BCUT2D eigenvalue weighted by atomic mass is 16.1. The van der Waals surface area contributed by atoms with Gasteiger partial charge in [0, 0.05) is 17.7 Å². The quantitative estimate of drug-likeness (QED) is 0.925. The van der Waals surface area contributed by atoms with Crippen LogP contribution in [-0.4, -0.2) is 17.4 Å². The van der Waals surface area contributed by atoms with Gasteiger partial charge in [-0.3, -0.25) is 4.79 Å². The fourth-order valence-corrected chi connectivity index (χ4v) is 2.05. The van der Waals surface area contributed by atoms with Crippen molar-refractivity contribution in [3.63, 3.8) is 0 Å². The second kappa shape index (κ2) is 5.87. The summed E-state index contributed by atoms with van der Waals surface area (Å²) in [7, 11) is 0. The Labute approximate surface area is 120 Å². The van der Waals surface area contributed by atoms with E-state index in [1.54, 1.807) is 6.07 Å². The van der Waals surface area contributed by atoms with E-state index in [9.17, 15) is 4.79 Å². The number of rotatable bonds is 4. The van der Waals surface area contributed by atoms with E-state index in [1.807, 2.05) is 37.3 Å². The summed E-state index contributed by atoms with van der Waals surface area (Å²) in [6, 6.07) is 15.6. The van der Waals surface area contributed by atoms with Crippen molar-refractivity contribution in [1.82, 2.24) is 10.3 Å². The van der Waals surface area contributed by atoms with E-state index < -0.39 is 0 Å². The molecule has 0 atom stereocenters. The zero-order valence-electron chi connectivity index (χ0n) is 12.2. The summed E-state index contributed by atoms with van der Waals surface area (Å²) in [6.45, 7) is 6.69. The summed E-state index contributed by atoms with van der Waals surface area (Å²) in [5.41, 5.74) is 2.41. The summed E-state index contributed by atoms with van der Waals surface area (Å²) < 4.78 is 0. The molecule has 0 aliphatic carbocycles. The van der Waals surface area contributed by atoms with Gasteiger partial charge in [0.25, 0.3) is 5.91 Å². The van der Waals surface area contributed by atoms with E-state index >= 15 is 0 Å². The van der Waals surface area contributed by atoms with E-state index in [0.717, 1.165) is 5.69 Å². The average Bonchev–Trinajstić information content (AvgIpc) is 2.46. The van der Waals surface area contributed by atoms with E-state index in [1.165, 1.54) is 5.56 Å². The molecule has 3 nitrogen and oxygen atoms in total. The minimum Gasteiger partial charge on any atom is -0.350 e. The minimum atomic E-state index is -0.127. The molecule has 0 bridgehead atoms. The Morgan fingerprint density at radius 3 is 2.45 bits per heavy atom. The lowest BCUT2D eigenvalue weighted by molar-refractivity contribution is 0.0940. The number of aromatic nitrogens is 1. The Balaban J connectivity index is 2.03. The summed E-state index contributed by atoms with van der Waals surface area (Å²) in [4.78, 5) is 16.3. The Kier molecular flexibility index (Phi) is 4.18. The number of nitrogens with one attached hydrogen (secondary N) is 1. The van der Waals surface area contributed by atoms with Gasteiger partial charge in [-0.05, 0) is 24.6 Å². The van der Waals surface area contributed by atoms with Gasteiger partial charge in [0.2, 0.25) is 0 Å². The highest BCUT2D eigenvalue weighted by Crippen LogP contribution is 2.21. The molecule has 0 unspecified atom stereocenters. The standard InChI is InChI=1S/C17H20N2O/c1-13-8-7-11-15(19-13)16(20)18-12-17(2,3)14-9-5-4-6-10-14/h4-11H,12H2,1-3H3,(H,18,20). The van der Waals surface area contributed by atoms with Crippen LogP contribution in [0.3, 0.4) is 0 Å². The molecule has 2 rings (SSSR count). The van der Waals surface area contributed by atoms with Crippen molar-refractivity contribution < 1.29 is 4.79 Å². The number of benzene rings is 1. The Morgan fingerprint density at radius 2 is 1.80 bits per heavy atom. The second-order valence-corrected chi connectivity index (χ2v) is 5.60. The summed E-state index contributed by atoms with van der Waals surface area (Å²) in [5, 5.41) is 2.96. The first-order valence-corrected chi connectivity index (χ1v) is 6.76. The lowest BCUT2D eigenvalue weighted by Crippen LogP contribution is -2.37. The van der Waals surface area contributed by atoms with Gasteiger partial charge >= 0.3 is 0 Å². The van der Waals surface area contributed by atoms with E-state index in [-0.39, 0.29) is 11.3 Å². The molecule has 0 saturated carbocycles. The van der Waals surface area contributed by atoms with Crippen LogP contribution >= 0.6 is 0 Å². The van der Waals surface area contributed by atoms with Crippen LogP contribution in [-0.2, 0) is 5.41 Å². The zero-order valence-corrected chi connectivity index (χ0v) is 12.2. The van der Waals surface area contributed by atoms with Crippen molar-refractivity contribution in [2.45, 2.75) is 26.2 Å². The van der Waals surface area contributed by atoms with Gasteiger partial charge < -0.3 is 5.32 Å². The van der Waals surface area contributed by atoms with Gasteiger partial charge in [-0.15, -0.1) is 0 Å². The van der Waals surface area contributed by atoms with Crippen LogP contribution in [0.2, 0.25) is 0 Å². The molecule has 0 aliphatic heterocycles. The lowest BCUT2D eigenvalue weighted by atomic mass is 9.84. The fraction of sp³-hybridized carbons (Fsp3) is 0.294. The molecule has 0 spiro atoms. The van der Waals surface area contributed by atoms with Crippen LogP contribution in [0.15, 0.2) is 48.5 Å². The first-order chi connectivity index (χ1) is 9.49. The van der Waals surface area contributed by atoms with Crippen LogP contribution in [0.5, 0.6) is 0 Å². The van der Waals surface area contributed by atoms with Gasteiger partial charge in [0.1, 0.15) is 5.69 Å². The monoisotopic (exact) mass is 268 g/mol. The fourth-order valence-electron chi connectivity index (χ4n) is 2.05. The second-order valence-electron chi connectivity index (χ2n) is 5.60. The molecule has 1 amide bonds. The maximum absolute atomic E-state index is 12.1. The molecule has 3 heteroatoms. The number of hydrogen-bond donors (Lipinski definition) is 1. The number of nitrogens with zero attached hydrogens (tertiary/aromatic N) is 1. The van der Waals surface area contributed by atoms with Crippen LogP contribution in [0.25, 0.3) is 0 Å². The van der Waals surface area contributed by atoms with Crippen LogP contribution < -0.4 is 5.32 Å². The summed E-state index contributed by atoms with van der Waals surface area (Å²) in [6.07, 6.45) is 0. The third kappa shape index (κ3) is 3.44. The number of amides is 1. The van der Waals surface area contributed by atoms with Crippen molar-refractivity contribution in [3.05, 3.63) is 65.5 Å². The molecular weight excluding hydrogens is 248 g/mol. The predicted molar refractivity (Wildman–Crippen MR) is 80.8 cm³/mol. The Hall–Kier alpha value is -2.16. The molecule has 0 saturated heterocycles. The Bertz CT molecular complexity index is 591. The highest BCUT2D eigenvalue weighted by molar-refractivity contribution is 5.92.